The Hall–Kier alpha value is -2.55. The van der Waals surface area contributed by atoms with Gasteiger partial charge in [0.1, 0.15) is 5.76 Å². The Morgan fingerprint density at radius 1 is 1.04 bits per heavy atom. The average Bonchev–Trinajstić information content (AvgIpc) is 3.00. The maximum atomic E-state index is 13.4. The van der Waals surface area contributed by atoms with Gasteiger partial charge in [0, 0.05) is 18.5 Å². The minimum Gasteiger partial charge on any atom is -0.470 e. The lowest BCUT2D eigenvalue weighted by molar-refractivity contribution is -0.144. The summed E-state index contributed by atoms with van der Waals surface area (Å²) in [4.78, 5) is 15.4. The Morgan fingerprint density at radius 3 is 2.33 bits per heavy atom. The lowest BCUT2D eigenvalue weighted by atomic mass is 9.89. The molecule has 1 aliphatic carbocycles. The Labute approximate surface area is 161 Å². The predicted octanol–water partition coefficient (Wildman–Crippen LogP) is 5.42. The van der Waals surface area contributed by atoms with Crippen molar-refractivity contribution in [2.45, 2.75) is 45.8 Å². The summed E-state index contributed by atoms with van der Waals surface area (Å²) >= 11 is 0. The summed E-state index contributed by atoms with van der Waals surface area (Å²) < 4.78 is 6.44. The van der Waals surface area contributed by atoms with E-state index in [2.05, 4.69) is 45.0 Å². The zero-order valence-corrected chi connectivity index (χ0v) is 16.3. The van der Waals surface area contributed by atoms with Crippen molar-refractivity contribution < 1.29 is 9.53 Å². The first-order valence-electron chi connectivity index (χ1n) is 9.74. The van der Waals surface area contributed by atoms with Gasteiger partial charge >= 0.3 is 0 Å². The van der Waals surface area contributed by atoms with Gasteiger partial charge in [-0.1, -0.05) is 81.4 Å². The third kappa shape index (κ3) is 3.51. The minimum atomic E-state index is -0.350. The molecule has 1 unspecified atom stereocenters. The van der Waals surface area contributed by atoms with Crippen LogP contribution in [0, 0.1) is 5.41 Å². The van der Waals surface area contributed by atoms with E-state index in [0.29, 0.717) is 6.54 Å². The number of allylic oxidation sites excluding steroid dienone is 1. The molecule has 2 aliphatic rings. The van der Waals surface area contributed by atoms with E-state index in [0.717, 1.165) is 29.7 Å². The van der Waals surface area contributed by atoms with Crippen molar-refractivity contribution in [3.05, 3.63) is 83.1 Å². The zero-order chi connectivity index (χ0) is 19.0. The van der Waals surface area contributed by atoms with Crippen molar-refractivity contribution in [3.63, 3.8) is 0 Å². The van der Waals surface area contributed by atoms with Gasteiger partial charge in [0.25, 0.3) is 5.91 Å². The van der Waals surface area contributed by atoms with Crippen molar-refractivity contribution >= 4 is 5.91 Å². The first-order chi connectivity index (χ1) is 12.9. The SMILES string of the molecule is C[C@@H](CN1C(=O)C2=C(CC(C)(C)C2)OC1c1ccccc1)c1ccccc1. The molecule has 0 N–H and O–H groups in total. The predicted molar refractivity (Wildman–Crippen MR) is 107 cm³/mol. The van der Waals surface area contributed by atoms with E-state index in [4.69, 9.17) is 4.74 Å². The largest absolute Gasteiger partial charge is 0.470 e. The lowest BCUT2D eigenvalue weighted by Crippen LogP contribution is -2.42. The molecular formula is C24H27NO2. The van der Waals surface area contributed by atoms with E-state index in [-0.39, 0.29) is 23.5 Å². The van der Waals surface area contributed by atoms with Crippen molar-refractivity contribution in [1.82, 2.24) is 4.90 Å². The van der Waals surface area contributed by atoms with E-state index >= 15 is 0 Å². The molecule has 0 spiro atoms. The zero-order valence-electron chi connectivity index (χ0n) is 16.3. The van der Waals surface area contributed by atoms with Crippen LogP contribution in [0.25, 0.3) is 0 Å². The van der Waals surface area contributed by atoms with Crippen LogP contribution in [-0.4, -0.2) is 17.4 Å². The summed E-state index contributed by atoms with van der Waals surface area (Å²) in [5, 5.41) is 0. The second-order valence-electron chi connectivity index (χ2n) is 8.57. The minimum absolute atomic E-state index is 0.0859. The monoisotopic (exact) mass is 361 g/mol. The first-order valence-corrected chi connectivity index (χ1v) is 9.74. The van der Waals surface area contributed by atoms with E-state index in [9.17, 15) is 4.79 Å². The number of hydrogen-bond acceptors (Lipinski definition) is 2. The van der Waals surface area contributed by atoms with E-state index in [1.165, 1.54) is 5.56 Å². The number of hydrogen-bond donors (Lipinski definition) is 0. The Balaban J connectivity index is 1.67. The molecule has 3 nitrogen and oxygen atoms in total. The molecular weight excluding hydrogens is 334 g/mol. The molecule has 2 aromatic rings. The van der Waals surface area contributed by atoms with Gasteiger partial charge in [-0.25, -0.2) is 0 Å². The molecule has 0 fully saturated rings. The van der Waals surface area contributed by atoms with Crippen LogP contribution < -0.4 is 0 Å². The molecule has 0 bridgehead atoms. The summed E-state index contributed by atoms with van der Waals surface area (Å²) in [6, 6.07) is 20.5. The molecule has 27 heavy (non-hydrogen) atoms. The highest BCUT2D eigenvalue weighted by molar-refractivity contribution is 5.95. The molecule has 0 saturated heterocycles. The topological polar surface area (TPSA) is 29.5 Å². The van der Waals surface area contributed by atoms with Crippen molar-refractivity contribution in [2.75, 3.05) is 6.54 Å². The fourth-order valence-electron chi connectivity index (χ4n) is 4.19. The maximum absolute atomic E-state index is 13.4. The summed E-state index contributed by atoms with van der Waals surface area (Å²) in [7, 11) is 0. The summed E-state index contributed by atoms with van der Waals surface area (Å²) in [6.45, 7) is 7.22. The number of amides is 1. The number of benzene rings is 2. The third-order valence-electron chi connectivity index (χ3n) is 5.61. The number of nitrogens with zero attached hydrogens (tertiary/aromatic N) is 1. The van der Waals surface area contributed by atoms with Gasteiger partial charge in [-0.15, -0.1) is 0 Å². The van der Waals surface area contributed by atoms with Crippen LogP contribution in [0.4, 0.5) is 0 Å². The highest BCUT2D eigenvalue weighted by Gasteiger charge is 2.44. The fraction of sp³-hybridized carbons (Fsp3) is 0.375. The van der Waals surface area contributed by atoms with Gasteiger partial charge in [0.05, 0.1) is 5.57 Å². The molecule has 1 heterocycles. The van der Waals surface area contributed by atoms with Gasteiger partial charge in [-0.2, -0.15) is 0 Å². The summed E-state index contributed by atoms with van der Waals surface area (Å²) in [5.41, 5.74) is 3.22. The van der Waals surface area contributed by atoms with E-state index < -0.39 is 0 Å². The van der Waals surface area contributed by atoms with Crippen molar-refractivity contribution in [3.8, 4) is 0 Å². The first kappa shape index (κ1) is 17.8. The second kappa shape index (κ2) is 6.88. The molecule has 0 aromatic heterocycles. The smallest absolute Gasteiger partial charge is 0.256 e. The average molecular weight is 361 g/mol. The van der Waals surface area contributed by atoms with Gasteiger partial charge < -0.3 is 4.74 Å². The van der Waals surface area contributed by atoms with Gasteiger partial charge in [0.2, 0.25) is 6.23 Å². The van der Waals surface area contributed by atoms with Gasteiger partial charge in [-0.05, 0) is 23.3 Å². The fourth-order valence-corrected chi connectivity index (χ4v) is 4.19. The van der Waals surface area contributed by atoms with Gasteiger partial charge in [-0.3, -0.25) is 9.69 Å². The molecule has 140 valence electrons. The van der Waals surface area contributed by atoms with E-state index in [1.807, 2.05) is 41.3 Å². The maximum Gasteiger partial charge on any atom is 0.256 e. The molecule has 2 aromatic carbocycles. The summed E-state index contributed by atoms with van der Waals surface area (Å²) in [6.07, 6.45) is 1.27. The molecule has 1 aliphatic heterocycles. The van der Waals surface area contributed by atoms with Crippen LogP contribution in [-0.2, 0) is 9.53 Å². The highest BCUT2D eigenvalue weighted by Crippen LogP contribution is 2.47. The van der Waals surface area contributed by atoms with Crippen LogP contribution in [0.5, 0.6) is 0 Å². The van der Waals surface area contributed by atoms with Crippen LogP contribution in [0.15, 0.2) is 72.0 Å². The lowest BCUT2D eigenvalue weighted by Gasteiger charge is -2.38. The number of ether oxygens (including phenoxy) is 1. The normalized spacial score (nSPS) is 22.4. The Kier molecular flexibility index (Phi) is 4.55. The molecule has 2 atom stereocenters. The van der Waals surface area contributed by atoms with Crippen molar-refractivity contribution in [2.24, 2.45) is 5.41 Å². The van der Waals surface area contributed by atoms with Crippen LogP contribution in [0.1, 0.15) is 56.9 Å². The van der Waals surface area contributed by atoms with Crippen molar-refractivity contribution in [1.29, 1.82) is 0 Å². The molecule has 4 rings (SSSR count). The number of carbonyl (C=O) groups excluding carboxylic acids is 1. The standard InChI is InChI=1S/C24H27NO2/c1-17(18-10-6-4-7-11-18)16-25-22(26)20-14-24(2,3)15-21(20)27-23(25)19-12-8-5-9-13-19/h4-13,17,23H,14-16H2,1-3H3/t17-,23?/m0/s1. The molecule has 0 radical (unpaired) electrons. The molecule has 1 amide bonds. The quantitative estimate of drug-likeness (QED) is 0.727. The highest BCUT2D eigenvalue weighted by atomic mass is 16.5. The Morgan fingerprint density at radius 2 is 1.67 bits per heavy atom. The molecule has 0 saturated carbocycles. The number of carbonyl (C=O) groups is 1. The third-order valence-corrected chi connectivity index (χ3v) is 5.61. The van der Waals surface area contributed by atoms with E-state index in [1.54, 1.807) is 0 Å². The Bertz CT molecular complexity index is 854. The van der Waals surface area contributed by atoms with Crippen LogP contribution in [0.3, 0.4) is 0 Å². The second-order valence-corrected chi connectivity index (χ2v) is 8.57. The molecule has 3 heteroatoms. The van der Waals surface area contributed by atoms with Crippen LogP contribution in [0.2, 0.25) is 0 Å². The number of rotatable bonds is 4. The van der Waals surface area contributed by atoms with Crippen LogP contribution >= 0.6 is 0 Å². The van der Waals surface area contributed by atoms with Gasteiger partial charge in [0.15, 0.2) is 0 Å². The summed E-state index contributed by atoms with van der Waals surface area (Å²) in [5.74, 6) is 1.27.